The number of rotatable bonds is 9. The Morgan fingerprint density at radius 1 is 0.793 bits per heavy atom. The first-order valence-corrected chi connectivity index (χ1v) is 19.5. The number of ketones is 1. The van der Waals surface area contributed by atoms with E-state index in [4.69, 9.17) is 33.2 Å². The first-order chi connectivity index (χ1) is 27.7. The summed E-state index contributed by atoms with van der Waals surface area (Å²) in [5, 5.41) is 13.6. The summed E-state index contributed by atoms with van der Waals surface area (Å²) >= 11 is 0. The summed E-state index contributed by atoms with van der Waals surface area (Å²) in [6, 6.07) is 26.1. The normalized spacial score (nSPS) is 32.6. The zero-order valence-corrected chi connectivity index (χ0v) is 32.7. The molecule has 9 atom stereocenters. The molecule has 58 heavy (non-hydrogen) atoms. The molecular formula is C45H46O13. The maximum Gasteiger partial charge on any atom is 0.509 e. The minimum atomic E-state index is -2.16. The number of carbonyl (C=O) groups excluding carboxylic acids is 5. The van der Waals surface area contributed by atoms with Crippen molar-refractivity contribution in [1.29, 1.82) is 0 Å². The Labute approximate surface area is 335 Å². The Morgan fingerprint density at radius 2 is 1.36 bits per heavy atom. The van der Waals surface area contributed by atoms with Gasteiger partial charge >= 0.3 is 24.2 Å². The molecule has 304 valence electrons. The minimum Gasteiger partial charge on any atom is -0.455 e. The van der Waals surface area contributed by atoms with Gasteiger partial charge in [0, 0.05) is 24.2 Å². The number of ether oxygens (including phenoxy) is 7. The molecule has 4 fully saturated rings. The van der Waals surface area contributed by atoms with Crippen LogP contribution in [-0.2, 0) is 56.0 Å². The predicted molar refractivity (Wildman–Crippen MR) is 203 cm³/mol. The summed E-state index contributed by atoms with van der Waals surface area (Å²) in [7, 11) is 0. The molecule has 1 spiro atoms. The van der Waals surface area contributed by atoms with Crippen LogP contribution in [0.25, 0.3) is 0 Å². The van der Waals surface area contributed by atoms with Gasteiger partial charge in [-0.15, -0.1) is 0 Å². The van der Waals surface area contributed by atoms with Crippen molar-refractivity contribution in [2.24, 2.45) is 22.7 Å². The zero-order valence-electron chi connectivity index (χ0n) is 32.7. The molecule has 0 unspecified atom stereocenters. The largest absolute Gasteiger partial charge is 0.509 e. The third-order valence-electron chi connectivity index (χ3n) is 13.1. The smallest absolute Gasteiger partial charge is 0.455 e. The van der Waals surface area contributed by atoms with Crippen LogP contribution in [0.5, 0.6) is 0 Å². The van der Waals surface area contributed by atoms with Crippen LogP contribution in [0, 0.1) is 22.7 Å². The molecule has 0 aromatic heterocycles. The highest BCUT2D eigenvalue weighted by molar-refractivity contribution is 5.97. The Balaban J connectivity index is 1.26. The molecule has 1 saturated heterocycles. The monoisotopic (exact) mass is 794 g/mol. The summed E-state index contributed by atoms with van der Waals surface area (Å²) in [5.74, 6) is -3.53. The second-order valence-electron chi connectivity index (χ2n) is 16.6. The number of aliphatic hydroxyl groups is 1. The van der Waals surface area contributed by atoms with Crippen molar-refractivity contribution < 1.29 is 62.2 Å². The lowest BCUT2D eigenvalue weighted by atomic mass is 9.48. The third-order valence-corrected chi connectivity index (χ3v) is 13.1. The summed E-state index contributed by atoms with van der Waals surface area (Å²) in [6.07, 6.45) is -7.09. The topological polar surface area (TPSA) is 170 Å². The van der Waals surface area contributed by atoms with Crippen molar-refractivity contribution in [3.63, 3.8) is 0 Å². The average molecular weight is 795 g/mol. The van der Waals surface area contributed by atoms with E-state index in [0.717, 1.165) is 0 Å². The van der Waals surface area contributed by atoms with E-state index in [0.29, 0.717) is 23.1 Å². The van der Waals surface area contributed by atoms with Gasteiger partial charge in [0.1, 0.15) is 37.1 Å². The lowest BCUT2D eigenvalue weighted by molar-refractivity contribution is -0.323. The number of hydrogen-bond donors (Lipinski definition) is 1. The van der Waals surface area contributed by atoms with Crippen LogP contribution < -0.4 is 0 Å². The lowest BCUT2D eigenvalue weighted by Crippen LogP contribution is -2.78. The van der Waals surface area contributed by atoms with Crippen LogP contribution in [0.1, 0.15) is 68.4 Å². The SMILES string of the molecule is CC(=O)O[C@@]12CO[C@@H]1C[C@@H]1C[C@@]13C(=O)[C@H](OC(=O)OCc1ccccc1)C1=C(C)[C@@H](OC(=O)OCc4ccccc4)C[C@@](O)([C@@H](OC(=O)c4ccccc4)[C@H]23)C1(C)C. The highest BCUT2D eigenvalue weighted by atomic mass is 16.7. The molecular weight excluding hydrogens is 748 g/mol. The molecule has 3 aromatic rings. The number of esters is 2. The van der Waals surface area contributed by atoms with Crippen LogP contribution in [0.2, 0.25) is 0 Å². The van der Waals surface area contributed by atoms with Gasteiger partial charge in [-0.1, -0.05) is 92.7 Å². The van der Waals surface area contributed by atoms with Gasteiger partial charge < -0.3 is 38.3 Å². The number of carbonyl (C=O) groups is 5. The van der Waals surface area contributed by atoms with Crippen molar-refractivity contribution >= 4 is 30.0 Å². The van der Waals surface area contributed by atoms with Crippen LogP contribution in [0.3, 0.4) is 0 Å². The standard InChI is InChI=1S/C45H46O13/c1-26-32(55-40(49)52-23-28-14-8-5-9-15-28)22-45(51)38(57-39(48)30-18-12-7-13-19-30)36-43(21-31(43)20-33-44(36,25-54-33)58-27(2)46)37(47)35(34(26)42(45,3)4)56-41(50)53-24-29-16-10-6-11-17-29/h5-19,31-33,35-36,38,51H,20-25H2,1-4H3/t31-,32+,33-,35-,36+,38+,43-,44+,45-/m1/s1. The highest BCUT2D eigenvalue weighted by Gasteiger charge is 2.84. The third kappa shape index (κ3) is 6.44. The molecule has 3 aromatic carbocycles. The molecule has 1 aliphatic heterocycles. The van der Waals surface area contributed by atoms with Crippen LogP contribution in [-0.4, -0.2) is 77.4 Å². The van der Waals surface area contributed by atoms with Crippen molar-refractivity contribution in [1.82, 2.24) is 0 Å². The number of benzene rings is 3. The minimum absolute atomic E-state index is 0.106. The van der Waals surface area contributed by atoms with E-state index >= 15 is 4.79 Å². The Bertz CT molecular complexity index is 2130. The van der Waals surface area contributed by atoms with Crippen molar-refractivity contribution in [2.75, 3.05) is 6.61 Å². The maximum atomic E-state index is 15.6. The fourth-order valence-corrected chi connectivity index (χ4v) is 10.2. The predicted octanol–water partition coefficient (Wildman–Crippen LogP) is 6.44. The molecule has 4 aliphatic carbocycles. The molecule has 0 amide bonds. The fraction of sp³-hybridized carbons (Fsp3) is 0.444. The van der Waals surface area contributed by atoms with E-state index in [1.807, 2.05) is 12.1 Å². The molecule has 1 N–H and O–H groups in total. The van der Waals surface area contributed by atoms with E-state index in [2.05, 4.69) is 0 Å². The van der Waals surface area contributed by atoms with Gasteiger partial charge in [-0.05, 0) is 60.1 Å². The lowest BCUT2D eigenvalue weighted by Gasteiger charge is -2.64. The summed E-state index contributed by atoms with van der Waals surface area (Å²) < 4.78 is 41.8. The summed E-state index contributed by atoms with van der Waals surface area (Å²) in [4.78, 5) is 70.0. The number of fused-ring (bicyclic) bond motifs is 4. The average Bonchev–Trinajstić information content (AvgIpc) is 3.94. The van der Waals surface area contributed by atoms with Crippen LogP contribution >= 0.6 is 0 Å². The quantitative estimate of drug-likeness (QED) is 0.143. The molecule has 2 bridgehead atoms. The van der Waals surface area contributed by atoms with Gasteiger partial charge in [-0.2, -0.15) is 0 Å². The van der Waals surface area contributed by atoms with Gasteiger partial charge in [-0.25, -0.2) is 14.4 Å². The van der Waals surface area contributed by atoms with E-state index in [9.17, 15) is 24.3 Å². The first kappa shape index (κ1) is 39.3. The zero-order chi connectivity index (χ0) is 41.0. The maximum absolute atomic E-state index is 15.6. The van der Waals surface area contributed by atoms with E-state index in [1.54, 1.807) is 99.6 Å². The van der Waals surface area contributed by atoms with Crippen molar-refractivity contribution in [3.8, 4) is 0 Å². The second kappa shape index (κ2) is 14.7. The highest BCUT2D eigenvalue weighted by Crippen LogP contribution is 2.74. The van der Waals surface area contributed by atoms with Gasteiger partial charge in [0.15, 0.2) is 17.5 Å². The molecule has 13 nitrogen and oxygen atoms in total. The van der Waals surface area contributed by atoms with Gasteiger partial charge in [0.2, 0.25) is 0 Å². The molecule has 1 heterocycles. The van der Waals surface area contributed by atoms with Crippen molar-refractivity contribution in [3.05, 3.63) is 119 Å². The van der Waals surface area contributed by atoms with E-state index in [-0.39, 0.29) is 49.7 Å². The second-order valence-corrected chi connectivity index (χ2v) is 16.6. The molecule has 0 radical (unpaired) electrons. The molecule has 3 saturated carbocycles. The van der Waals surface area contributed by atoms with Gasteiger partial charge in [0.25, 0.3) is 0 Å². The first-order valence-electron chi connectivity index (χ1n) is 19.5. The molecule has 5 aliphatic rings. The Kier molecular flexibility index (Phi) is 9.95. The number of hydrogen-bond acceptors (Lipinski definition) is 13. The summed E-state index contributed by atoms with van der Waals surface area (Å²) in [6.45, 7) is 5.82. The fourth-order valence-electron chi connectivity index (χ4n) is 10.2. The molecule has 13 heteroatoms. The summed E-state index contributed by atoms with van der Waals surface area (Å²) in [5.41, 5.74) is -4.54. The van der Waals surface area contributed by atoms with Gasteiger partial charge in [-0.3, -0.25) is 9.59 Å². The Morgan fingerprint density at radius 3 is 1.91 bits per heavy atom. The van der Waals surface area contributed by atoms with Gasteiger partial charge in [0.05, 0.1) is 18.1 Å². The van der Waals surface area contributed by atoms with Crippen molar-refractivity contribution in [2.45, 2.75) is 95.8 Å². The van der Waals surface area contributed by atoms with E-state index in [1.165, 1.54) is 6.92 Å². The number of Topliss-reactive ketones (excluding diaryl/α,β-unsaturated/α-hetero) is 1. The molecule has 8 rings (SSSR count). The van der Waals surface area contributed by atoms with E-state index < -0.39 is 82.4 Å². The van der Waals surface area contributed by atoms with Crippen LogP contribution in [0.4, 0.5) is 9.59 Å². The Hall–Kier alpha value is -5.53. The van der Waals surface area contributed by atoms with Crippen LogP contribution in [0.15, 0.2) is 102 Å².